The molecule has 0 bridgehead atoms. The molecule has 0 aliphatic rings. The van der Waals surface area contributed by atoms with Crippen LogP contribution in [0.2, 0.25) is 0 Å². The molecule has 0 saturated carbocycles. The molecule has 21 heavy (non-hydrogen) atoms. The second-order valence-electron chi connectivity index (χ2n) is 4.30. The first-order valence-electron chi connectivity index (χ1n) is 5.84. The highest BCUT2D eigenvalue weighted by Gasteiger charge is 2.19. The molecule has 0 amide bonds. The fourth-order valence-corrected chi connectivity index (χ4v) is 1.72. The smallest absolute Gasteiger partial charge is 0.299 e. The highest BCUT2D eigenvalue weighted by molar-refractivity contribution is 5.71. The Morgan fingerprint density at radius 1 is 1.05 bits per heavy atom. The molecule has 0 fully saturated rings. The molecule has 0 aliphatic heterocycles. The van der Waals surface area contributed by atoms with E-state index in [1.165, 1.54) is 18.2 Å². The van der Waals surface area contributed by atoms with Crippen LogP contribution >= 0.6 is 0 Å². The summed E-state index contributed by atoms with van der Waals surface area (Å²) in [7, 11) is 0. The summed E-state index contributed by atoms with van der Waals surface area (Å²) in [5, 5.41) is 24.3. The number of nitro benzene ring substituents is 2. The van der Waals surface area contributed by atoms with Crippen molar-refractivity contribution in [3.05, 3.63) is 68.0 Å². The first-order chi connectivity index (χ1) is 9.88. The summed E-state index contributed by atoms with van der Waals surface area (Å²) in [4.78, 5) is 20.2. The third-order valence-electron chi connectivity index (χ3n) is 2.84. The van der Waals surface area contributed by atoms with Crippen molar-refractivity contribution in [1.82, 2.24) is 0 Å². The van der Waals surface area contributed by atoms with Crippen LogP contribution in [0.1, 0.15) is 5.56 Å². The van der Waals surface area contributed by atoms with E-state index in [0.29, 0.717) is 11.3 Å². The normalized spacial score (nSPS) is 10.2. The highest BCUT2D eigenvalue weighted by atomic mass is 19.1. The predicted molar refractivity (Wildman–Crippen MR) is 74.2 cm³/mol. The van der Waals surface area contributed by atoms with Crippen molar-refractivity contribution in [3.63, 3.8) is 0 Å². The average Bonchev–Trinajstić information content (AvgIpc) is 2.43. The van der Waals surface area contributed by atoms with Gasteiger partial charge in [-0.05, 0) is 30.7 Å². The molecule has 0 radical (unpaired) electrons. The van der Waals surface area contributed by atoms with Crippen LogP contribution in [0.3, 0.4) is 0 Å². The number of nitrogens with one attached hydrogen (secondary N) is 1. The van der Waals surface area contributed by atoms with Gasteiger partial charge in [-0.2, -0.15) is 0 Å². The van der Waals surface area contributed by atoms with Crippen molar-refractivity contribution in [1.29, 1.82) is 0 Å². The number of hydrogen-bond donors (Lipinski definition) is 1. The number of halogens is 1. The van der Waals surface area contributed by atoms with E-state index in [1.54, 1.807) is 13.0 Å². The number of anilines is 2. The second-order valence-corrected chi connectivity index (χ2v) is 4.30. The topological polar surface area (TPSA) is 98.3 Å². The van der Waals surface area contributed by atoms with Crippen molar-refractivity contribution in [2.45, 2.75) is 6.92 Å². The molecular formula is C13H10FN3O4. The summed E-state index contributed by atoms with van der Waals surface area (Å²) in [6, 6.07) is 7.49. The van der Waals surface area contributed by atoms with E-state index in [9.17, 15) is 24.6 Å². The van der Waals surface area contributed by atoms with Crippen LogP contribution in [0.15, 0.2) is 36.4 Å². The van der Waals surface area contributed by atoms with Gasteiger partial charge in [0.25, 0.3) is 11.4 Å². The summed E-state index contributed by atoms with van der Waals surface area (Å²) < 4.78 is 13.4. The molecule has 0 saturated heterocycles. The highest BCUT2D eigenvalue weighted by Crippen LogP contribution is 2.31. The van der Waals surface area contributed by atoms with Crippen LogP contribution in [-0.4, -0.2) is 9.85 Å². The summed E-state index contributed by atoms with van der Waals surface area (Å²) in [6.45, 7) is 1.59. The molecule has 0 atom stereocenters. The third-order valence-corrected chi connectivity index (χ3v) is 2.84. The SMILES string of the molecule is Cc1ccc(Nc2ccc([N+](=O)[O-])cc2[N+](=O)[O-])cc1F. The van der Waals surface area contributed by atoms with Gasteiger partial charge in [0.2, 0.25) is 0 Å². The van der Waals surface area contributed by atoms with E-state index in [4.69, 9.17) is 0 Å². The van der Waals surface area contributed by atoms with Crippen LogP contribution in [-0.2, 0) is 0 Å². The van der Waals surface area contributed by atoms with E-state index < -0.39 is 21.4 Å². The number of nitrogens with zero attached hydrogens (tertiary/aromatic N) is 2. The largest absolute Gasteiger partial charge is 0.350 e. The fraction of sp³-hybridized carbons (Fsp3) is 0.0769. The van der Waals surface area contributed by atoms with Gasteiger partial charge in [0.15, 0.2) is 0 Å². The van der Waals surface area contributed by atoms with Crippen molar-refractivity contribution in [2.24, 2.45) is 0 Å². The number of benzene rings is 2. The maximum atomic E-state index is 13.4. The number of hydrogen-bond acceptors (Lipinski definition) is 5. The third kappa shape index (κ3) is 3.11. The van der Waals surface area contributed by atoms with Crippen molar-refractivity contribution in [2.75, 3.05) is 5.32 Å². The minimum absolute atomic E-state index is 0.0499. The number of aryl methyl sites for hydroxylation is 1. The molecular weight excluding hydrogens is 281 g/mol. The summed E-state index contributed by atoms with van der Waals surface area (Å²) in [6.07, 6.45) is 0. The molecule has 0 aliphatic carbocycles. The van der Waals surface area contributed by atoms with Crippen molar-refractivity contribution < 1.29 is 14.2 Å². The number of rotatable bonds is 4. The molecule has 8 heteroatoms. The van der Waals surface area contributed by atoms with Crippen LogP contribution < -0.4 is 5.32 Å². The standard InChI is InChI=1S/C13H10FN3O4/c1-8-2-3-9(6-11(8)14)15-12-5-4-10(16(18)19)7-13(12)17(20)21/h2-7,15H,1H3. The van der Waals surface area contributed by atoms with Gasteiger partial charge in [-0.1, -0.05) is 6.07 Å². The van der Waals surface area contributed by atoms with E-state index in [0.717, 1.165) is 12.1 Å². The van der Waals surface area contributed by atoms with E-state index in [1.807, 2.05) is 0 Å². The maximum Gasteiger partial charge on any atom is 0.299 e. The Bertz CT molecular complexity index is 733. The lowest BCUT2D eigenvalue weighted by atomic mass is 10.2. The van der Waals surface area contributed by atoms with Crippen molar-refractivity contribution >= 4 is 22.7 Å². The quantitative estimate of drug-likeness (QED) is 0.684. The molecule has 1 N–H and O–H groups in total. The zero-order valence-electron chi connectivity index (χ0n) is 10.9. The van der Waals surface area contributed by atoms with Crippen LogP contribution in [0, 0.1) is 33.0 Å². The number of nitro groups is 2. The van der Waals surface area contributed by atoms with E-state index >= 15 is 0 Å². The lowest BCUT2D eigenvalue weighted by Crippen LogP contribution is -1.99. The van der Waals surface area contributed by atoms with Gasteiger partial charge in [0.1, 0.15) is 11.5 Å². The van der Waals surface area contributed by atoms with Gasteiger partial charge in [0, 0.05) is 11.8 Å². The summed E-state index contributed by atoms with van der Waals surface area (Å²) in [5.74, 6) is -0.454. The molecule has 108 valence electrons. The Hall–Kier alpha value is -3.03. The lowest BCUT2D eigenvalue weighted by Gasteiger charge is -2.08. The average molecular weight is 291 g/mol. The summed E-state index contributed by atoms with van der Waals surface area (Å²) in [5.41, 5.74) is -0.0322. The predicted octanol–water partition coefficient (Wildman–Crippen LogP) is 3.69. The molecule has 0 spiro atoms. The van der Waals surface area contributed by atoms with Crippen LogP contribution in [0.5, 0.6) is 0 Å². The van der Waals surface area contributed by atoms with Crippen LogP contribution in [0.25, 0.3) is 0 Å². The van der Waals surface area contributed by atoms with Gasteiger partial charge in [-0.15, -0.1) is 0 Å². The molecule has 0 aromatic heterocycles. The Morgan fingerprint density at radius 3 is 2.33 bits per heavy atom. The lowest BCUT2D eigenvalue weighted by molar-refractivity contribution is -0.393. The molecule has 0 unspecified atom stereocenters. The molecule has 2 aromatic carbocycles. The van der Waals surface area contributed by atoms with Crippen LogP contribution in [0.4, 0.5) is 27.1 Å². The van der Waals surface area contributed by atoms with Gasteiger partial charge in [0.05, 0.1) is 15.9 Å². The van der Waals surface area contributed by atoms with Crippen molar-refractivity contribution in [3.8, 4) is 0 Å². The first kappa shape index (κ1) is 14.4. The Kier molecular flexibility index (Phi) is 3.79. The van der Waals surface area contributed by atoms with Gasteiger partial charge >= 0.3 is 0 Å². The zero-order chi connectivity index (χ0) is 15.6. The van der Waals surface area contributed by atoms with Gasteiger partial charge in [-0.3, -0.25) is 20.2 Å². The zero-order valence-corrected chi connectivity index (χ0v) is 10.9. The molecule has 2 rings (SSSR count). The molecule has 0 heterocycles. The minimum Gasteiger partial charge on any atom is -0.350 e. The Balaban J connectivity index is 2.41. The maximum absolute atomic E-state index is 13.4. The second kappa shape index (κ2) is 5.53. The Labute approximate surface area is 118 Å². The first-order valence-corrected chi connectivity index (χ1v) is 5.84. The Morgan fingerprint density at radius 2 is 1.76 bits per heavy atom. The monoisotopic (exact) mass is 291 g/mol. The van der Waals surface area contributed by atoms with Gasteiger partial charge in [-0.25, -0.2) is 4.39 Å². The van der Waals surface area contributed by atoms with Gasteiger partial charge < -0.3 is 5.32 Å². The molecule has 7 nitrogen and oxygen atoms in total. The number of non-ortho nitro benzene ring substituents is 1. The fourth-order valence-electron chi connectivity index (χ4n) is 1.72. The minimum atomic E-state index is -0.736. The molecule has 2 aromatic rings. The summed E-state index contributed by atoms with van der Waals surface area (Å²) >= 11 is 0. The van der Waals surface area contributed by atoms with E-state index in [-0.39, 0.29) is 11.4 Å². The van der Waals surface area contributed by atoms with E-state index in [2.05, 4.69) is 5.32 Å².